The van der Waals surface area contributed by atoms with Crippen molar-refractivity contribution < 1.29 is 19.8 Å². The van der Waals surface area contributed by atoms with Gasteiger partial charge in [0, 0.05) is 13.0 Å². The number of aliphatic hydroxyl groups excluding tert-OH is 1. The van der Waals surface area contributed by atoms with Crippen molar-refractivity contribution in [1.29, 1.82) is 0 Å². The normalized spacial score (nSPS) is 25.1. The summed E-state index contributed by atoms with van der Waals surface area (Å²) in [6.07, 6.45) is -0.652. The summed E-state index contributed by atoms with van der Waals surface area (Å²) in [5, 5.41) is 21.5. The fourth-order valence-corrected chi connectivity index (χ4v) is 2.15. The largest absolute Gasteiger partial charge is 0.480 e. The third kappa shape index (κ3) is 2.95. The van der Waals surface area contributed by atoms with Gasteiger partial charge in [-0.2, -0.15) is 0 Å². The van der Waals surface area contributed by atoms with Crippen molar-refractivity contribution in [2.24, 2.45) is 0 Å². The second-order valence-corrected chi connectivity index (χ2v) is 4.86. The molecular formula is C11H20N2O4. The first-order valence-electron chi connectivity index (χ1n) is 5.76. The molecule has 2 atom stereocenters. The first-order valence-corrected chi connectivity index (χ1v) is 5.76. The number of likely N-dealkylation sites (tertiary alicyclic amines) is 1. The summed E-state index contributed by atoms with van der Waals surface area (Å²) >= 11 is 0. The van der Waals surface area contributed by atoms with Crippen LogP contribution < -0.4 is 5.32 Å². The van der Waals surface area contributed by atoms with Crippen molar-refractivity contribution in [3.05, 3.63) is 0 Å². The third-order valence-electron chi connectivity index (χ3n) is 2.98. The lowest BCUT2D eigenvalue weighted by atomic mass is 10.0. The average molecular weight is 244 g/mol. The summed E-state index contributed by atoms with van der Waals surface area (Å²) in [5.74, 6) is -1.36. The summed E-state index contributed by atoms with van der Waals surface area (Å²) in [4.78, 5) is 24.5. The Morgan fingerprint density at radius 2 is 2.06 bits per heavy atom. The summed E-state index contributed by atoms with van der Waals surface area (Å²) < 4.78 is 0. The Morgan fingerprint density at radius 3 is 2.53 bits per heavy atom. The molecule has 1 rings (SSSR count). The molecule has 0 bridgehead atoms. The van der Waals surface area contributed by atoms with Gasteiger partial charge >= 0.3 is 5.97 Å². The van der Waals surface area contributed by atoms with E-state index in [9.17, 15) is 14.7 Å². The molecule has 1 heterocycles. The Labute approximate surface area is 101 Å². The topological polar surface area (TPSA) is 89.9 Å². The number of nitrogens with one attached hydrogen (secondary N) is 1. The maximum absolute atomic E-state index is 12.2. The van der Waals surface area contributed by atoms with Crippen LogP contribution in [0.15, 0.2) is 0 Å². The van der Waals surface area contributed by atoms with Crippen LogP contribution >= 0.6 is 0 Å². The van der Waals surface area contributed by atoms with Crippen LogP contribution in [0.1, 0.15) is 27.2 Å². The number of hydrogen-bond acceptors (Lipinski definition) is 4. The lowest BCUT2D eigenvalue weighted by Crippen LogP contribution is -2.56. The van der Waals surface area contributed by atoms with Crippen molar-refractivity contribution in [3.8, 4) is 0 Å². The van der Waals surface area contributed by atoms with Crippen LogP contribution in [0.25, 0.3) is 0 Å². The minimum atomic E-state index is -1.07. The zero-order chi connectivity index (χ0) is 13.2. The highest BCUT2D eigenvalue weighted by Crippen LogP contribution is 2.22. The van der Waals surface area contributed by atoms with Gasteiger partial charge in [-0.25, -0.2) is 4.79 Å². The Hall–Kier alpha value is -1.14. The number of carbonyl (C=O) groups is 2. The van der Waals surface area contributed by atoms with Gasteiger partial charge in [0.2, 0.25) is 5.91 Å². The second kappa shape index (κ2) is 5.01. The maximum Gasteiger partial charge on any atom is 0.326 e. The molecule has 1 aliphatic heterocycles. The van der Waals surface area contributed by atoms with Gasteiger partial charge in [-0.05, 0) is 20.4 Å². The predicted molar refractivity (Wildman–Crippen MR) is 61.5 cm³/mol. The third-order valence-corrected chi connectivity index (χ3v) is 2.98. The minimum absolute atomic E-state index is 0.0879. The number of hydrogen-bond donors (Lipinski definition) is 3. The van der Waals surface area contributed by atoms with E-state index in [0.29, 0.717) is 6.54 Å². The highest BCUT2D eigenvalue weighted by atomic mass is 16.4. The van der Waals surface area contributed by atoms with Crippen LogP contribution in [0, 0.1) is 0 Å². The molecule has 0 aromatic heterocycles. The van der Waals surface area contributed by atoms with Gasteiger partial charge in [-0.1, -0.05) is 6.92 Å². The molecule has 6 nitrogen and oxygen atoms in total. The lowest BCUT2D eigenvalue weighted by molar-refractivity contribution is -0.150. The van der Waals surface area contributed by atoms with E-state index in [4.69, 9.17) is 5.11 Å². The van der Waals surface area contributed by atoms with Crippen molar-refractivity contribution >= 4 is 11.9 Å². The summed E-state index contributed by atoms with van der Waals surface area (Å²) in [5.41, 5.74) is -0.813. The lowest BCUT2D eigenvalue weighted by Gasteiger charge is -2.32. The first kappa shape index (κ1) is 13.9. The number of carbonyl (C=O) groups excluding carboxylic acids is 1. The van der Waals surface area contributed by atoms with Crippen LogP contribution in [-0.4, -0.2) is 57.8 Å². The second-order valence-electron chi connectivity index (χ2n) is 4.86. The Bertz CT molecular complexity index is 317. The van der Waals surface area contributed by atoms with Crippen molar-refractivity contribution in [1.82, 2.24) is 10.2 Å². The fourth-order valence-electron chi connectivity index (χ4n) is 2.15. The fraction of sp³-hybridized carbons (Fsp3) is 0.818. The number of amides is 1. The van der Waals surface area contributed by atoms with Crippen molar-refractivity contribution in [2.75, 3.05) is 13.1 Å². The highest BCUT2D eigenvalue weighted by Gasteiger charge is 2.43. The molecule has 98 valence electrons. The molecule has 0 spiro atoms. The molecule has 1 saturated heterocycles. The predicted octanol–water partition coefficient (Wildman–Crippen LogP) is -0.579. The van der Waals surface area contributed by atoms with Crippen molar-refractivity contribution in [2.45, 2.75) is 44.9 Å². The van der Waals surface area contributed by atoms with E-state index in [1.54, 1.807) is 13.8 Å². The van der Waals surface area contributed by atoms with Crippen LogP contribution in [0.3, 0.4) is 0 Å². The number of rotatable bonds is 4. The van der Waals surface area contributed by atoms with Gasteiger partial charge < -0.3 is 20.4 Å². The average Bonchev–Trinajstić information content (AvgIpc) is 2.59. The zero-order valence-electron chi connectivity index (χ0n) is 10.4. The first-order chi connectivity index (χ1) is 7.79. The van der Waals surface area contributed by atoms with Crippen LogP contribution in [0.2, 0.25) is 0 Å². The molecule has 3 N–H and O–H groups in total. The number of likely N-dealkylation sites (N-methyl/N-ethyl adjacent to an activating group) is 1. The van der Waals surface area contributed by atoms with Gasteiger partial charge in [0.1, 0.15) is 6.04 Å². The molecule has 0 saturated carbocycles. The van der Waals surface area contributed by atoms with E-state index in [1.807, 2.05) is 6.92 Å². The minimum Gasteiger partial charge on any atom is -0.480 e. The number of aliphatic hydroxyl groups is 1. The monoisotopic (exact) mass is 244 g/mol. The molecule has 0 aromatic rings. The SMILES string of the molecule is CCNC(C)(C)C(=O)N1C[C@H](O)C[C@@H]1C(=O)O. The molecule has 0 radical (unpaired) electrons. The van der Waals surface area contributed by atoms with Crippen LogP contribution in [0.5, 0.6) is 0 Å². The molecule has 17 heavy (non-hydrogen) atoms. The van der Waals surface area contributed by atoms with Gasteiger partial charge in [-0.3, -0.25) is 4.79 Å². The Morgan fingerprint density at radius 1 is 1.47 bits per heavy atom. The van der Waals surface area contributed by atoms with Gasteiger partial charge in [0.15, 0.2) is 0 Å². The smallest absolute Gasteiger partial charge is 0.326 e. The van der Waals surface area contributed by atoms with E-state index in [2.05, 4.69) is 5.32 Å². The molecule has 1 fully saturated rings. The van der Waals surface area contributed by atoms with E-state index < -0.39 is 23.7 Å². The van der Waals surface area contributed by atoms with E-state index >= 15 is 0 Å². The quantitative estimate of drug-likeness (QED) is 0.615. The highest BCUT2D eigenvalue weighted by molar-refractivity contribution is 5.90. The molecule has 1 aliphatic rings. The van der Waals surface area contributed by atoms with E-state index in [-0.39, 0.29) is 18.9 Å². The van der Waals surface area contributed by atoms with Gasteiger partial charge in [-0.15, -0.1) is 0 Å². The summed E-state index contributed by atoms with van der Waals surface area (Å²) in [7, 11) is 0. The van der Waals surface area contributed by atoms with E-state index in [0.717, 1.165) is 0 Å². The summed E-state index contributed by atoms with van der Waals surface area (Å²) in [6.45, 7) is 6.00. The van der Waals surface area contributed by atoms with Crippen LogP contribution in [-0.2, 0) is 9.59 Å². The van der Waals surface area contributed by atoms with Gasteiger partial charge in [0.25, 0.3) is 0 Å². The summed E-state index contributed by atoms with van der Waals surface area (Å²) in [6, 6.07) is -0.921. The van der Waals surface area contributed by atoms with E-state index in [1.165, 1.54) is 4.90 Å². The number of aliphatic carboxylic acids is 1. The Balaban J connectivity index is 2.84. The number of carboxylic acids is 1. The molecule has 6 heteroatoms. The number of β-amino-alcohol motifs (C(OH)–C–C–N with tert-alkyl or cyclic N) is 1. The molecule has 0 aliphatic carbocycles. The van der Waals surface area contributed by atoms with Crippen molar-refractivity contribution in [3.63, 3.8) is 0 Å². The Kier molecular flexibility index (Phi) is 4.11. The molecule has 0 unspecified atom stereocenters. The standard InChI is InChI=1S/C11H20N2O4/c1-4-12-11(2,3)10(17)13-6-7(14)5-8(13)9(15)16/h7-8,12,14H,4-6H2,1-3H3,(H,15,16)/t7-,8-/m1/s1. The number of carboxylic acid groups (broad SMARTS) is 1. The molecular weight excluding hydrogens is 224 g/mol. The maximum atomic E-state index is 12.2. The van der Waals surface area contributed by atoms with Crippen LogP contribution in [0.4, 0.5) is 0 Å². The zero-order valence-corrected chi connectivity index (χ0v) is 10.4. The molecule has 1 amide bonds. The van der Waals surface area contributed by atoms with Gasteiger partial charge in [0.05, 0.1) is 11.6 Å². The molecule has 0 aromatic carbocycles. The number of nitrogens with zero attached hydrogens (tertiary/aromatic N) is 1.